The lowest BCUT2D eigenvalue weighted by Gasteiger charge is -2.26. The van der Waals surface area contributed by atoms with Crippen molar-refractivity contribution in [3.8, 4) is 0 Å². The monoisotopic (exact) mass is 317 g/mol. The molecule has 1 atom stereocenters. The Morgan fingerprint density at radius 2 is 1.73 bits per heavy atom. The zero-order valence-electron chi connectivity index (χ0n) is 13.3. The van der Waals surface area contributed by atoms with Crippen LogP contribution < -0.4 is 10.6 Å². The van der Waals surface area contributed by atoms with Gasteiger partial charge < -0.3 is 10.6 Å². The van der Waals surface area contributed by atoms with E-state index in [1.54, 1.807) is 0 Å². The van der Waals surface area contributed by atoms with Crippen LogP contribution in [0.3, 0.4) is 0 Å². The van der Waals surface area contributed by atoms with E-state index in [0.717, 1.165) is 24.7 Å². The molecule has 1 saturated heterocycles. The fourth-order valence-corrected chi connectivity index (χ4v) is 3.93. The highest BCUT2D eigenvalue weighted by Crippen LogP contribution is 2.17. The maximum absolute atomic E-state index is 5.50. The number of nitrogens with one attached hydrogen (secondary N) is 2. The van der Waals surface area contributed by atoms with Gasteiger partial charge in [-0.15, -0.1) is 0 Å². The van der Waals surface area contributed by atoms with Gasteiger partial charge in [0.25, 0.3) is 0 Å². The molecule has 2 N–H and O–H groups in total. The third-order valence-corrected chi connectivity index (χ3v) is 5.03. The van der Waals surface area contributed by atoms with Crippen molar-refractivity contribution >= 4 is 17.3 Å². The van der Waals surface area contributed by atoms with Crippen LogP contribution in [0.1, 0.15) is 44.1 Å². The Balaban J connectivity index is 1.39. The van der Waals surface area contributed by atoms with Crippen LogP contribution in [0.2, 0.25) is 0 Å². The van der Waals surface area contributed by atoms with E-state index in [2.05, 4.69) is 45.9 Å². The van der Waals surface area contributed by atoms with Gasteiger partial charge >= 0.3 is 0 Å². The summed E-state index contributed by atoms with van der Waals surface area (Å²) < 4.78 is 0. The van der Waals surface area contributed by atoms with E-state index < -0.39 is 0 Å². The summed E-state index contributed by atoms with van der Waals surface area (Å²) >= 11 is 5.50. The average molecular weight is 318 g/mol. The van der Waals surface area contributed by atoms with E-state index in [0.29, 0.717) is 12.1 Å². The van der Waals surface area contributed by atoms with Gasteiger partial charge in [0.2, 0.25) is 0 Å². The van der Waals surface area contributed by atoms with Crippen LogP contribution in [0, 0.1) is 0 Å². The van der Waals surface area contributed by atoms with Crippen LogP contribution in [-0.4, -0.2) is 35.2 Å². The molecule has 22 heavy (non-hydrogen) atoms. The fourth-order valence-electron chi connectivity index (χ4n) is 3.60. The lowest BCUT2D eigenvalue weighted by atomic mass is 9.96. The third kappa shape index (κ3) is 4.68. The van der Waals surface area contributed by atoms with E-state index in [9.17, 15) is 0 Å². The van der Waals surface area contributed by atoms with Gasteiger partial charge in [-0.1, -0.05) is 49.6 Å². The predicted octanol–water partition coefficient (Wildman–Crippen LogP) is 3.06. The molecule has 1 aliphatic carbocycles. The molecule has 1 aromatic carbocycles. The van der Waals surface area contributed by atoms with E-state index in [1.807, 2.05) is 0 Å². The molecule has 2 aliphatic rings. The lowest BCUT2D eigenvalue weighted by molar-refractivity contribution is 0.324. The molecule has 0 radical (unpaired) electrons. The predicted molar refractivity (Wildman–Crippen MR) is 95.9 cm³/mol. The molecule has 1 aromatic rings. The summed E-state index contributed by atoms with van der Waals surface area (Å²) in [5.74, 6) is 0. The quantitative estimate of drug-likeness (QED) is 0.835. The second kappa shape index (κ2) is 7.93. The van der Waals surface area contributed by atoms with Crippen molar-refractivity contribution in [3.63, 3.8) is 0 Å². The first kappa shape index (κ1) is 15.8. The summed E-state index contributed by atoms with van der Waals surface area (Å²) in [6.07, 6.45) is 7.79. The van der Waals surface area contributed by atoms with Crippen LogP contribution in [0.25, 0.3) is 0 Å². The molecule has 3 rings (SSSR count). The van der Waals surface area contributed by atoms with E-state index >= 15 is 0 Å². The summed E-state index contributed by atoms with van der Waals surface area (Å²) in [4.78, 5) is 2.51. The van der Waals surface area contributed by atoms with Crippen LogP contribution in [0.15, 0.2) is 30.3 Å². The van der Waals surface area contributed by atoms with Crippen molar-refractivity contribution in [1.29, 1.82) is 0 Å². The number of nitrogens with zero attached hydrogens (tertiary/aromatic N) is 1. The zero-order valence-corrected chi connectivity index (χ0v) is 14.1. The lowest BCUT2D eigenvalue weighted by Crippen LogP contribution is -2.47. The highest BCUT2D eigenvalue weighted by molar-refractivity contribution is 7.80. The fraction of sp³-hybridized carbons (Fsp3) is 0.611. The first-order valence-electron chi connectivity index (χ1n) is 8.63. The largest absolute Gasteiger partial charge is 0.360 e. The molecule has 120 valence electrons. The van der Waals surface area contributed by atoms with Gasteiger partial charge in [0, 0.05) is 31.7 Å². The summed E-state index contributed by atoms with van der Waals surface area (Å²) in [6, 6.07) is 11.8. The van der Waals surface area contributed by atoms with E-state index in [-0.39, 0.29) is 0 Å². The van der Waals surface area contributed by atoms with Crippen molar-refractivity contribution in [1.82, 2.24) is 15.5 Å². The van der Waals surface area contributed by atoms with Gasteiger partial charge in [0.1, 0.15) is 0 Å². The molecular formula is C18H27N3S. The molecule has 2 fully saturated rings. The molecule has 0 bridgehead atoms. The average Bonchev–Trinajstić information content (AvgIpc) is 2.96. The van der Waals surface area contributed by atoms with E-state index in [1.165, 1.54) is 44.1 Å². The van der Waals surface area contributed by atoms with Crippen molar-refractivity contribution in [2.45, 2.75) is 57.2 Å². The van der Waals surface area contributed by atoms with Crippen LogP contribution in [-0.2, 0) is 6.54 Å². The van der Waals surface area contributed by atoms with Gasteiger partial charge in [-0.25, -0.2) is 0 Å². The number of thiocarbonyl (C=S) groups is 1. The topological polar surface area (TPSA) is 27.3 Å². The summed E-state index contributed by atoms with van der Waals surface area (Å²) in [6.45, 7) is 3.28. The maximum atomic E-state index is 5.50. The molecular weight excluding hydrogens is 290 g/mol. The number of rotatable bonds is 4. The summed E-state index contributed by atoms with van der Waals surface area (Å²) in [5.41, 5.74) is 1.39. The minimum Gasteiger partial charge on any atom is -0.360 e. The SMILES string of the molecule is S=C(NC1CCCCC1)NC1CCN(Cc2ccccc2)C1. The van der Waals surface area contributed by atoms with Crippen LogP contribution >= 0.6 is 12.2 Å². The smallest absolute Gasteiger partial charge is 0.166 e. The Kier molecular flexibility index (Phi) is 5.68. The molecule has 0 amide bonds. The van der Waals surface area contributed by atoms with Gasteiger partial charge in [0.05, 0.1) is 0 Å². The highest BCUT2D eigenvalue weighted by atomic mass is 32.1. The molecule has 1 aliphatic heterocycles. The highest BCUT2D eigenvalue weighted by Gasteiger charge is 2.23. The molecule has 1 unspecified atom stereocenters. The molecule has 4 heteroatoms. The number of hydrogen-bond acceptors (Lipinski definition) is 2. The minimum absolute atomic E-state index is 0.493. The number of benzene rings is 1. The van der Waals surface area contributed by atoms with Gasteiger partial charge in [-0.05, 0) is 37.0 Å². The van der Waals surface area contributed by atoms with Crippen LogP contribution in [0.4, 0.5) is 0 Å². The first-order chi connectivity index (χ1) is 10.8. The van der Waals surface area contributed by atoms with E-state index in [4.69, 9.17) is 12.2 Å². The van der Waals surface area contributed by atoms with Crippen molar-refractivity contribution in [2.24, 2.45) is 0 Å². The van der Waals surface area contributed by atoms with Crippen molar-refractivity contribution in [2.75, 3.05) is 13.1 Å². The Bertz CT molecular complexity index is 470. The Morgan fingerprint density at radius 1 is 1.00 bits per heavy atom. The van der Waals surface area contributed by atoms with Crippen LogP contribution in [0.5, 0.6) is 0 Å². The normalized spacial score (nSPS) is 23.4. The summed E-state index contributed by atoms with van der Waals surface area (Å²) in [5, 5.41) is 7.89. The molecule has 3 nitrogen and oxygen atoms in total. The molecule has 0 spiro atoms. The Hall–Kier alpha value is -1.13. The number of hydrogen-bond donors (Lipinski definition) is 2. The van der Waals surface area contributed by atoms with Crippen molar-refractivity contribution in [3.05, 3.63) is 35.9 Å². The van der Waals surface area contributed by atoms with Gasteiger partial charge in [-0.3, -0.25) is 4.90 Å². The van der Waals surface area contributed by atoms with Gasteiger partial charge in [0.15, 0.2) is 5.11 Å². The van der Waals surface area contributed by atoms with Gasteiger partial charge in [-0.2, -0.15) is 0 Å². The standard InChI is InChI=1S/C18H27N3S/c22-18(19-16-9-5-2-6-10-16)20-17-11-12-21(14-17)13-15-7-3-1-4-8-15/h1,3-4,7-8,16-17H,2,5-6,9-14H2,(H2,19,20,22). The Morgan fingerprint density at radius 3 is 2.50 bits per heavy atom. The summed E-state index contributed by atoms with van der Waals surface area (Å²) in [7, 11) is 0. The minimum atomic E-state index is 0.493. The zero-order chi connectivity index (χ0) is 15.2. The molecule has 1 saturated carbocycles. The van der Waals surface area contributed by atoms with Crippen molar-refractivity contribution < 1.29 is 0 Å². The molecule has 1 heterocycles. The first-order valence-corrected chi connectivity index (χ1v) is 9.04. The third-order valence-electron chi connectivity index (χ3n) is 4.80. The Labute approximate surface area is 139 Å². The maximum Gasteiger partial charge on any atom is 0.166 e. The second-order valence-electron chi connectivity index (χ2n) is 6.66. The number of likely N-dealkylation sites (tertiary alicyclic amines) is 1. The molecule has 0 aromatic heterocycles. The second-order valence-corrected chi connectivity index (χ2v) is 7.07.